The number of carboxylic acid groups (broad SMARTS) is 1. The molecule has 0 radical (unpaired) electrons. The van der Waals surface area contributed by atoms with Crippen LogP contribution in [0.5, 0.6) is 0 Å². The lowest BCUT2D eigenvalue weighted by Crippen LogP contribution is -1.97. The first kappa shape index (κ1) is 11.3. The summed E-state index contributed by atoms with van der Waals surface area (Å²) >= 11 is 5.06. The van der Waals surface area contributed by atoms with Crippen LogP contribution in [0.2, 0.25) is 0 Å². The van der Waals surface area contributed by atoms with Gasteiger partial charge in [-0.3, -0.25) is 0 Å². The Hall–Kier alpha value is -0.540. The van der Waals surface area contributed by atoms with Crippen LogP contribution in [0.25, 0.3) is 0 Å². The normalized spacial score (nSPS) is 6.89. The lowest BCUT2D eigenvalue weighted by atomic mass is 10.7. The van der Waals surface area contributed by atoms with Crippen molar-refractivity contribution in [2.45, 2.75) is 0 Å². The van der Waals surface area contributed by atoms with Crippen molar-refractivity contribution in [3.8, 4) is 0 Å². The molecule has 54 valence electrons. The zero-order chi connectivity index (χ0) is 7.70. The molecule has 0 aromatic rings. The number of carboxylic acids is 1. The molecular weight excluding hydrogens is 142 g/mol. The number of halogens is 1. The third-order valence-corrected chi connectivity index (χ3v) is 0.502. The Morgan fingerprint density at radius 3 is 2.11 bits per heavy atom. The molecule has 0 unspecified atom stereocenters. The lowest BCUT2D eigenvalue weighted by molar-refractivity contribution is -0.131. The van der Waals surface area contributed by atoms with Gasteiger partial charge >= 0.3 is 5.97 Å². The molecule has 0 amide bonds. The predicted molar refractivity (Wildman–Crippen MR) is 37.6 cm³/mol. The van der Waals surface area contributed by atoms with Gasteiger partial charge in [0.1, 0.15) is 0 Å². The van der Waals surface area contributed by atoms with Gasteiger partial charge < -0.3 is 10.8 Å². The molecule has 3 N–H and O–H groups in total. The fourth-order valence-corrected chi connectivity index (χ4v) is 0. The summed E-state index contributed by atoms with van der Waals surface area (Å²) in [6, 6.07) is 0. The zero-order valence-electron chi connectivity index (χ0n) is 5.01. The maximum Gasteiger partial charge on any atom is 0.327 e. The molecule has 0 saturated carbocycles. The van der Waals surface area contributed by atoms with Crippen LogP contribution in [0.4, 0.5) is 0 Å². The highest BCUT2D eigenvalue weighted by molar-refractivity contribution is 6.18. The number of alkyl halides is 1. The van der Waals surface area contributed by atoms with Gasteiger partial charge in [0.2, 0.25) is 0 Å². The number of aliphatic carboxylic acids is 1. The molecule has 3 nitrogen and oxygen atoms in total. The van der Waals surface area contributed by atoms with Crippen LogP contribution in [0.3, 0.4) is 0 Å². The number of nitrogens with two attached hydrogens (primary N) is 1. The SMILES string of the molecule is C=CC(=O)O.NCCCl. The second-order valence-electron chi connectivity index (χ2n) is 1.02. The smallest absolute Gasteiger partial charge is 0.327 e. The van der Waals surface area contributed by atoms with Crippen LogP contribution in [0, 0.1) is 0 Å². The van der Waals surface area contributed by atoms with Gasteiger partial charge in [0.15, 0.2) is 0 Å². The minimum absolute atomic E-state index is 0.569. The Morgan fingerprint density at radius 2 is 2.11 bits per heavy atom. The molecule has 0 aliphatic heterocycles. The summed E-state index contributed by atoms with van der Waals surface area (Å²) in [5, 5.41) is 7.60. The van der Waals surface area contributed by atoms with Gasteiger partial charge in [-0.1, -0.05) is 6.58 Å². The minimum atomic E-state index is -0.981. The number of hydrogen-bond donors (Lipinski definition) is 2. The zero-order valence-corrected chi connectivity index (χ0v) is 5.77. The summed E-state index contributed by atoms with van der Waals surface area (Å²) in [4.78, 5) is 9.25. The summed E-state index contributed by atoms with van der Waals surface area (Å²) in [7, 11) is 0. The van der Waals surface area contributed by atoms with Crippen LogP contribution in [-0.2, 0) is 4.79 Å². The average molecular weight is 152 g/mol. The number of carbonyl (C=O) groups is 1. The molecule has 4 heteroatoms. The Bertz CT molecular complexity index is 83.0. The van der Waals surface area contributed by atoms with Crippen LogP contribution >= 0.6 is 11.6 Å². The quantitative estimate of drug-likeness (QED) is 0.445. The highest BCUT2D eigenvalue weighted by Gasteiger charge is 1.73. The third-order valence-electron chi connectivity index (χ3n) is 0.284. The third kappa shape index (κ3) is 36.7. The van der Waals surface area contributed by atoms with Crippen molar-refractivity contribution in [2.75, 3.05) is 12.4 Å². The van der Waals surface area contributed by atoms with E-state index in [1.165, 1.54) is 0 Å². The Balaban J connectivity index is 0. The Labute approximate surface area is 59.1 Å². The molecule has 0 saturated heterocycles. The summed E-state index contributed by atoms with van der Waals surface area (Å²) in [5.41, 5.74) is 4.90. The first-order valence-electron chi connectivity index (χ1n) is 2.30. The van der Waals surface area contributed by atoms with E-state index in [4.69, 9.17) is 22.4 Å². The van der Waals surface area contributed by atoms with Crippen molar-refractivity contribution in [3.05, 3.63) is 12.7 Å². The van der Waals surface area contributed by atoms with Crippen molar-refractivity contribution in [3.63, 3.8) is 0 Å². The van der Waals surface area contributed by atoms with Gasteiger partial charge in [-0.2, -0.15) is 0 Å². The van der Waals surface area contributed by atoms with E-state index in [1.54, 1.807) is 0 Å². The average Bonchev–Trinajstić information content (AvgIpc) is 1.89. The minimum Gasteiger partial charge on any atom is -0.478 e. The second kappa shape index (κ2) is 10.4. The van der Waals surface area contributed by atoms with Gasteiger partial charge in [-0.05, 0) is 0 Å². The van der Waals surface area contributed by atoms with Crippen LogP contribution < -0.4 is 5.73 Å². The Morgan fingerprint density at radius 1 is 1.89 bits per heavy atom. The first-order valence-corrected chi connectivity index (χ1v) is 2.83. The monoisotopic (exact) mass is 151 g/mol. The lowest BCUT2D eigenvalue weighted by Gasteiger charge is -1.68. The van der Waals surface area contributed by atoms with Crippen molar-refractivity contribution in [1.29, 1.82) is 0 Å². The molecular formula is C5H10ClNO2. The molecule has 0 aliphatic rings. The highest BCUT2D eigenvalue weighted by atomic mass is 35.5. The molecule has 9 heavy (non-hydrogen) atoms. The topological polar surface area (TPSA) is 63.3 Å². The van der Waals surface area contributed by atoms with Crippen molar-refractivity contribution < 1.29 is 9.90 Å². The summed E-state index contributed by atoms with van der Waals surface area (Å²) in [6.07, 6.45) is 0.833. The van der Waals surface area contributed by atoms with E-state index in [0.717, 1.165) is 6.08 Å². The van der Waals surface area contributed by atoms with Gasteiger partial charge in [-0.25, -0.2) is 4.79 Å². The van der Waals surface area contributed by atoms with E-state index < -0.39 is 5.97 Å². The largest absolute Gasteiger partial charge is 0.478 e. The van der Waals surface area contributed by atoms with Gasteiger partial charge in [-0.15, -0.1) is 11.6 Å². The standard InChI is InChI=1S/C3H4O2.C2H6ClN/c1-2-3(4)5;3-1-2-4/h2H,1H2,(H,4,5);1-2,4H2. The van der Waals surface area contributed by atoms with Gasteiger partial charge in [0.25, 0.3) is 0 Å². The van der Waals surface area contributed by atoms with Crippen LogP contribution in [0.15, 0.2) is 12.7 Å². The van der Waals surface area contributed by atoms with Crippen molar-refractivity contribution >= 4 is 17.6 Å². The molecule has 0 aromatic carbocycles. The molecule has 0 aromatic heterocycles. The van der Waals surface area contributed by atoms with E-state index >= 15 is 0 Å². The maximum atomic E-state index is 9.25. The van der Waals surface area contributed by atoms with Crippen molar-refractivity contribution in [1.82, 2.24) is 0 Å². The van der Waals surface area contributed by atoms with Crippen molar-refractivity contribution in [2.24, 2.45) is 5.73 Å². The van der Waals surface area contributed by atoms with E-state index in [-0.39, 0.29) is 0 Å². The van der Waals surface area contributed by atoms with E-state index in [9.17, 15) is 4.79 Å². The fraction of sp³-hybridized carbons (Fsp3) is 0.400. The second-order valence-corrected chi connectivity index (χ2v) is 1.40. The molecule has 0 heterocycles. The number of hydrogen-bond acceptors (Lipinski definition) is 2. The maximum absolute atomic E-state index is 9.25. The van der Waals surface area contributed by atoms with Crippen LogP contribution in [-0.4, -0.2) is 23.5 Å². The predicted octanol–water partition coefficient (Wildman–Crippen LogP) is 0.441. The molecule has 0 aliphatic carbocycles. The summed E-state index contributed by atoms with van der Waals surface area (Å²) in [6.45, 7) is 3.55. The first-order chi connectivity index (χ1) is 4.18. The molecule has 0 bridgehead atoms. The number of rotatable bonds is 2. The molecule has 0 atom stereocenters. The fourth-order valence-electron chi connectivity index (χ4n) is 0. The van der Waals surface area contributed by atoms with E-state index in [1.807, 2.05) is 0 Å². The van der Waals surface area contributed by atoms with Gasteiger partial charge in [0.05, 0.1) is 0 Å². The van der Waals surface area contributed by atoms with E-state index in [2.05, 4.69) is 6.58 Å². The van der Waals surface area contributed by atoms with Crippen LogP contribution in [0.1, 0.15) is 0 Å². The molecule has 0 rings (SSSR count). The van der Waals surface area contributed by atoms with E-state index in [0.29, 0.717) is 12.4 Å². The Kier molecular flexibility index (Phi) is 13.1. The van der Waals surface area contributed by atoms with Gasteiger partial charge in [0, 0.05) is 18.5 Å². The molecule has 0 spiro atoms. The molecule has 0 fully saturated rings. The summed E-state index contributed by atoms with van der Waals surface area (Å²) < 4.78 is 0. The highest BCUT2D eigenvalue weighted by Crippen LogP contribution is 1.60. The summed E-state index contributed by atoms with van der Waals surface area (Å²) in [5.74, 6) is -0.412.